The van der Waals surface area contributed by atoms with Crippen LogP contribution in [-0.2, 0) is 4.74 Å². The highest BCUT2D eigenvalue weighted by Crippen LogP contribution is 2.33. The van der Waals surface area contributed by atoms with Gasteiger partial charge in [-0.25, -0.2) is 25.4 Å². The van der Waals surface area contributed by atoms with Gasteiger partial charge in [0.15, 0.2) is 0 Å². The Morgan fingerprint density at radius 2 is 1.33 bits per heavy atom. The summed E-state index contributed by atoms with van der Waals surface area (Å²) >= 11 is 0. The van der Waals surface area contributed by atoms with E-state index in [9.17, 15) is 9.59 Å². The van der Waals surface area contributed by atoms with Gasteiger partial charge in [-0.1, -0.05) is 36.4 Å². The highest BCUT2D eigenvalue weighted by atomic mass is 16.5. The summed E-state index contributed by atoms with van der Waals surface area (Å²) in [5, 5.41) is 8.13. The fourth-order valence-electron chi connectivity index (χ4n) is 3.08. The first-order valence-corrected chi connectivity index (χ1v) is 9.19. The number of urea groups is 1. The number of nitrogens with zero attached hydrogens (tertiary/aromatic N) is 1. The Morgan fingerprint density at radius 3 is 1.93 bits per heavy atom. The molecule has 0 fully saturated rings. The minimum atomic E-state index is -0.762. The molecule has 8 heteroatoms. The topological polar surface area (TPSA) is 104 Å². The zero-order chi connectivity index (χ0) is 20.9. The number of hydrogen-bond acceptors (Lipinski definition) is 5. The lowest BCUT2D eigenvalue weighted by atomic mass is 10.1. The highest BCUT2D eigenvalue weighted by molar-refractivity contribution is 6.08. The lowest BCUT2D eigenvalue weighted by molar-refractivity contribution is 0.166. The van der Waals surface area contributed by atoms with E-state index in [1.807, 2.05) is 60.7 Å². The Labute approximate surface area is 172 Å². The molecule has 30 heavy (non-hydrogen) atoms. The molecule has 3 aromatic carbocycles. The predicted octanol–water partition coefficient (Wildman–Crippen LogP) is 4.52. The van der Waals surface area contributed by atoms with Crippen LogP contribution in [0.3, 0.4) is 0 Å². The van der Waals surface area contributed by atoms with Crippen molar-refractivity contribution >= 4 is 51.0 Å². The van der Waals surface area contributed by atoms with Gasteiger partial charge in [0.1, 0.15) is 0 Å². The Balaban J connectivity index is 1.55. The maximum atomic E-state index is 11.8. The number of rotatable bonds is 3. The van der Waals surface area contributed by atoms with Gasteiger partial charge in [-0.3, -0.25) is 0 Å². The number of nitrogens with one attached hydrogen (secondary N) is 4. The average molecular weight is 401 g/mol. The molecule has 8 nitrogen and oxygen atoms in total. The maximum Gasteiger partial charge on any atom is 0.425 e. The number of hydrazine groups is 1. The van der Waals surface area contributed by atoms with E-state index in [-0.39, 0.29) is 0 Å². The van der Waals surface area contributed by atoms with Crippen molar-refractivity contribution < 1.29 is 14.3 Å². The van der Waals surface area contributed by atoms with E-state index in [1.165, 1.54) is 7.11 Å². The van der Waals surface area contributed by atoms with Crippen molar-refractivity contribution in [2.24, 2.45) is 0 Å². The third-order valence-electron chi connectivity index (χ3n) is 4.46. The van der Waals surface area contributed by atoms with Crippen LogP contribution in [0.25, 0.3) is 21.8 Å². The van der Waals surface area contributed by atoms with Crippen LogP contribution in [0.1, 0.15) is 0 Å². The molecule has 0 bridgehead atoms. The fourth-order valence-corrected chi connectivity index (χ4v) is 3.08. The van der Waals surface area contributed by atoms with Gasteiger partial charge in [-0.15, -0.1) is 0 Å². The molecule has 0 radical (unpaired) electrons. The van der Waals surface area contributed by atoms with Crippen LogP contribution >= 0.6 is 0 Å². The SMILES string of the molecule is COC(=O)NNC(=O)Nc1ccc(Nc2c3ccccc3nc3ccccc23)cc1. The lowest BCUT2D eigenvalue weighted by Crippen LogP contribution is -2.43. The molecule has 0 unspecified atom stereocenters. The third-order valence-corrected chi connectivity index (χ3v) is 4.46. The molecule has 0 atom stereocenters. The van der Waals surface area contributed by atoms with Crippen molar-refractivity contribution in [3.05, 3.63) is 72.8 Å². The van der Waals surface area contributed by atoms with Gasteiger partial charge in [0, 0.05) is 22.1 Å². The number of para-hydroxylation sites is 2. The van der Waals surface area contributed by atoms with Crippen molar-refractivity contribution in [2.45, 2.75) is 0 Å². The molecular weight excluding hydrogens is 382 g/mol. The number of benzene rings is 3. The molecule has 4 N–H and O–H groups in total. The van der Waals surface area contributed by atoms with E-state index in [0.717, 1.165) is 33.2 Å². The van der Waals surface area contributed by atoms with Crippen molar-refractivity contribution in [1.29, 1.82) is 0 Å². The first-order valence-electron chi connectivity index (χ1n) is 9.19. The molecule has 1 heterocycles. The van der Waals surface area contributed by atoms with E-state index < -0.39 is 12.1 Å². The Kier molecular flexibility index (Phi) is 5.29. The number of ether oxygens (including phenoxy) is 1. The number of methoxy groups -OCH3 is 1. The van der Waals surface area contributed by atoms with Crippen LogP contribution in [0.5, 0.6) is 0 Å². The molecule has 4 aromatic rings. The normalized spacial score (nSPS) is 10.4. The van der Waals surface area contributed by atoms with Crippen molar-refractivity contribution in [3.63, 3.8) is 0 Å². The summed E-state index contributed by atoms with van der Waals surface area (Å²) in [5.41, 5.74) is 8.48. The van der Waals surface area contributed by atoms with Gasteiger partial charge < -0.3 is 15.4 Å². The second-order valence-electron chi connectivity index (χ2n) is 6.42. The second-order valence-corrected chi connectivity index (χ2v) is 6.42. The number of pyridine rings is 1. The Hall–Kier alpha value is -4.33. The van der Waals surface area contributed by atoms with Crippen LogP contribution in [-0.4, -0.2) is 24.2 Å². The minimum absolute atomic E-state index is 0.564. The summed E-state index contributed by atoms with van der Waals surface area (Å²) < 4.78 is 4.38. The molecule has 0 aliphatic rings. The Bertz CT molecular complexity index is 1170. The summed E-state index contributed by atoms with van der Waals surface area (Å²) in [5.74, 6) is 0. The molecule has 1 aromatic heterocycles. The summed E-state index contributed by atoms with van der Waals surface area (Å²) in [7, 11) is 1.20. The number of carbonyl (C=O) groups excluding carboxylic acids is 2. The summed E-state index contributed by atoms with van der Waals surface area (Å²) in [6.07, 6.45) is -0.762. The third kappa shape index (κ3) is 4.07. The minimum Gasteiger partial charge on any atom is -0.452 e. The molecule has 0 spiro atoms. The number of carbonyl (C=O) groups is 2. The zero-order valence-corrected chi connectivity index (χ0v) is 16.1. The van der Waals surface area contributed by atoms with Gasteiger partial charge >= 0.3 is 12.1 Å². The maximum absolute atomic E-state index is 11.8. The van der Waals surface area contributed by atoms with E-state index >= 15 is 0 Å². The first kappa shape index (κ1) is 19.0. The van der Waals surface area contributed by atoms with Crippen LogP contribution in [0.4, 0.5) is 26.7 Å². The largest absolute Gasteiger partial charge is 0.452 e. The van der Waals surface area contributed by atoms with Gasteiger partial charge in [-0.2, -0.15) is 0 Å². The molecular formula is C22H19N5O3. The van der Waals surface area contributed by atoms with Gasteiger partial charge in [0.25, 0.3) is 0 Å². The van der Waals surface area contributed by atoms with Gasteiger partial charge in [0.2, 0.25) is 0 Å². The summed E-state index contributed by atoms with van der Waals surface area (Å²) in [6.45, 7) is 0. The fraction of sp³-hybridized carbons (Fsp3) is 0.0455. The van der Waals surface area contributed by atoms with Crippen molar-refractivity contribution in [1.82, 2.24) is 15.8 Å². The standard InChI is InChI=1S/C22H19N5O3/c1-30-22(29)27-26-21(28)24-15-12-10-14(11-13-15)23-20-16-6-2-4-8-18(16)25-19-9-5-3-7-17(19)20/h2-13H,1H3,(H,23,25)(H,27,29)(H2,24,26,28). The number of aromatic nitrogens is 1. The number of amides is 3. The molecule has 0 aliphatic carbocycles. The van der Waals surface area contributed by atoms with Gasteiger partial charge in [-0.05, 0) is 36.4 Å². The zero-order valence-electron chi connectivity index (χ0n) is 16.1. The molecule has 3 amide bonds. The van der Waals surface area contributed by atoms with Crippen LogP contribution in [0, 0.1) is 0 Å². The van der Waals surface area contributed by atoms with E-state index in [4.69, 9.17) is 4.98 Å². The summed E-state index contributed by atoms with van der Waals surface area (Å²) in [4.78, 5) is 27.5. The molecule has 150 valence electrons. The van der Waals surface area contributed by atoms with Crippen LogP contribution < -0.4 is 21.5 Å². The predicted molar refractivity (Wildman–Crippen MR) is 117 cm³/mol. The number of hydrogen-bond donors (Lipinski definition) is 4. The average Bonchev–Trinajstić information content (AvgIpc) is 2.78. The molecule has 0 saturated heterocycles. The van der Waals surface area contributed by atoms with E-state index in [2.05, 4.69) is 26.2 Å². The first-order chi connectivity index (χ1) is 14.6. The lowest BCUT2D eigenvalue weighted by Gasteiger charge is -2.14. The Morgan fingerprint density at radius 1 is 0.767 bits per heavy atom. The van der Waals surface area contributed by atoms with E-state index in [1.54, 1.807) is 12.1 Å². The monoisotopic (exact) mass is 401 g/mol. The molecule has 0 saturated carbocycles. The molecule has 4 rings (SSSR count). The van der Waals surface area contributed by atoms with Crippen LogP contribution in [0.2, 0.25) is 0 Å². The summed E-state index contributed by atoms with van der Waals surface area (Å²) in [6, 6.07) is 22.6. The number of fused-ring (bicyclic) bond motifs is 2. The van der Waals surface area contributed by atoms with Gasteiger partial charge in [0.05, 0.1) is 23.8 Å². The van der Waals surface area contributed by atoms with Crippen molar-refractivity contribution in [2.75, 3.05) is 17.7 Å². The highest BCUT2D eigenvalue weighted by Gasteiger charge is 2.09. The number of anilines is 3. The molecule has 0 aliphatic heterocycles. The quantitative estimate of drug-likeness (QED) is 0.298. The van der Waals surface area contributed by atoms with Crippen molar-refractivity contribution in [3.8, 4) is 0 Å². The smallest absolute Gasteiger partial charge is 0.425 e. The van der Waals surface area contributed by atoms with Crippen LogP contribution in [0.15, 0.2) is 72.8 Å². The second kappa shape index (κ2) is 8.36. The van der Waals surface area contributed by atoms with E-state index in [0.29, 0.717) is 5.69 Å².